The fourth-order valence-electron chi connectivity index (χ4n) is 6.99. The van der Waals surface area contributed by atoms with Crippen LogP contribution in [-0.4, -0.2) is 89.5 Å². The lowest BCUT2D eigenvalue weighted by atomic mass is 9.78. The quantitative estimate of drug-likeness (QED) is 0.421. The molecule has 2 aliphatic rings. The lowest BCUT2D eigenvalue weighted by Gasteiger charge is -2.53. The molecule has 2 amide bonds. The number of piperidine rings is 2. The largest absolute Gasteiger partial charge is 0.340 e. The monoisotopic (exact) mass is 510 g/mol. The highest BCUT2D eigenvalue weighted by atomic mass is 16.5. The molecule has 0 aromatic carbocycles. The minimum absolute atomic E-state index is 0.0983. The Morgan fingerprint density at radius 3 is 1.08 bits per heavy atom. The zero-order valence-corrected chi connectivity index (χ0v) is 24.7. The minimum atomic E-state index is -0.383. The van der Waals surface area contributed by atoms with Gasteiger partial charge in [0.2, 0.25) is 11.8 Å². The predicted molar refractivity (Wildman–Crippen MR) is 143 cm³/mol. The topological polar surface area (TPSA) is 87.6 Å². The number of unbranched alkanes of at least 4 members (excludes halogenated alkanes) is 3. The number of amides is 2. The standard InChI is InChI=1S/C28H54N4O4/c1-21(33)29(23-17-25(3,4)31(35)26(5,6)18-23)15-13-11-12-14-16-30(22(2)34)24-19-27(7,8)32(36)28(9,10)20-24/h23-24,35-36H,11-20H2,1-10H3. The summed E-state index contributed by atoms with van der Waals surface area (Å²) >= 11 is 0. The van der Waals surface area contributed by atoms with Gasteiger partial charge in [-0.15, -0.1) is 0 Å². The van der Waals surface area contributed by atoms with Crippen molar-refractivity contribution >= 4 is 11.8 Å². The van der Waals surface area contributed by atoms with Crippen molar-refractivity contribution in [2.75, 3.05) is 13.1 Å². The third-order valence-corrected chi connectivity index (χ3v) is 8.47. The molecule has 2 aliphatic heterocycles. The van der Waals surface area contributed by atoms with Gasteiger partial charge in [-0.1, -0.05) is 12.8 Å². The SMILES string of the molecule is CC(=O)N(CCCCCCN(C(C)=O)C1CC(C)(C)N(O)C(C)(C)C1)C1CC(C)(C)N(O)C(C)(C)C1. The number of hydrogen-bond acceptors (Lipinski definition) is 6. The van der Waals surface area contributed by atoms with Crippen molar-refractivity contribution in [1.82, 2.24) is 19.9 Å². The first-order valence-corrected chi connectivity index (χ1v) is 13.8. The van der Waals surface area contributed by atoms with E-state index in [0.29, 0.717) is 0 Å². The lowest BCUT2D eigenvalue weighted by Crippen LogP contribution is -2.63. The van der Waals surface area contributed by atoms with Crippen molar-refractivity contribution < 1.29 is 20.0 Å². The first-order valence-electron chi connectivity index (χ1n) is 13.8. The Balaban J connectivity index is 1.87. The van der Waals surface area contributed by atoms with Crippen molar-refractivity contribution in [3.63, 3.8) is 0 Å². The van der Waals surface area contributed by atoms with Gasteiger partial charge in [0, 0.05) is 61.2 Å². The third-order valence-electron chi connectivity index (χ3n) is 8.47. The highest BCUT2D eigenvalue weighted by Crippen LogP contribution is 2.40. The Bertz CT molecular complexity index is 680. The normalized spacial score (nSPS) is 24.4. The number of carbonyl (C=O) groups is 2. The molecular formula is C28H54N4O4. The number of carbonyl (C=O) groups excluding carboxylic acids is 2. The number of hydrogen-bond donors (Lipinski definition) is 2. The summed E-state index contributed by atoms with van der Waals surface area (Å²) < 4.78 is 0. The highest BCUT2D eigenvalue weighted by molar-refractivity contribution is 5.74. The molecule has 0 radical (unpaired) electrons. The van der Waals surface area contributed by atoms with Crippen LogP contribution in [0.2, 0.25) is 0 Å². The van der Waals surface area contributed by atoms with E-state index in [9.17, 15) is 20.0 Å². The van der Waals surface area contributed by atoms with Crippen molar-refractivity contribution in [1.29, 1.82) is 0 Å². The van der Waals surface area contributed by atoms with E-state index in [0.717, 1.165) is 64.5 Å². The fourth-order valence-corrected chi connectivity index (χ4v) is 6.99. The second-order valence-corrected chi connectivity index (χ2v) is 13.8. The first kappa shape index (κ1) is 31.0. The molecule has 2 heterocycles. The average molecular weight is 511 g/mol. The molecule has 0 bridgehead atoms. The van der Waals surface area contributed by atoms with E-state index >= 15 is 0 Å². The molecular weight excluding hydrogens is 456 g/mol. The van der Waals surface area contributed by atoms with Crippen LogP contribution in [0.25, 0.3) is 0 Å². The van der Waals surface area contributed by atoms with Gasteiger partial charge in [-0.05, 0) is 93.9 Å². The lowest BCUT2D eigenvalue weighted by molar-refractivity contribution is -0.251. The molecule has 0 aliphatic carbocycles. The molecule has 2 N–H and O–H groups in total. The number of nitrogens with zero attached hydrogens (tertiary/aromatic N) is 4. The fraction of sp³-hybridized carbons (Fsp3) is 0.929. The van der Waals surface area contributed by atoms with Gasteiger partial charge in [0.25, 0.3) is 0 Å². The van der Waals surface area contributed by atoms with Gasteiger partial charge in [-0.2, -0.15) is 10.1 Å². The Hall–Kier alpha value is -1.22. The third kappa shape index (κ3) is 7.21. The summed E-state index contributed by atoms with van der Waals surface area (Å²) in [5.41, 5.74) is -1.53. The molecule has 8 nitrogen and oxygen atoms in total. The molecule has 2 saturated heterocycles. The highest BCUT2D eigenvalue weighted by Gasteiger charge is 2.48. The van der Waals surface area contributed by atoms with E-state index in [4.69, 9.17) is 0 Å². The zero-order chi connectivity index (χ0) is 27.7. The van der Waals surface area contributed by atoms with Gasteiger partial charge in [0.1, 0.15) is 0 Å². The molecule has 2 fully saturated rings. The van der Waals surface area contributed by atoms with E-state index in [1.54, 1.807) is 13.8 Å². The molecule has 36 heavy (non-hydrogen) atoms. The van der Waals surface area contributed by atoms with Crippen LogP contribution in [-0.2, 0) is 9.59 Å². The maximum atomic E-state index is 12.5. The Kier molecular flexibility index (Phi) is 9.70. The average Bonchev–Trinajstić information content (AvgIpc) is 2.70. The van der Waals surface area contributed by atoms with Crippen LogP contribution in [0.1, 0.15) is 121 Å². The van der Waals surface area contributed by atoms with E-state index in [-0.39, 0.29) is 46.1 Å². The summed E-state index contributed by atoms with van der Waals surface area (Å²) in [6, 6.07) is 0.237. The molecule has 0 aromatic heterocycles. The summed E-state index contributed by atoms with van der Waals surface area (Å²) in [5, 5.41) is 24.1. The Morgan fingerprint density at radius 2 is 0.861 bits per heavy atom. The Morgan fingerprint density at radius 1 is 0.611 bits per heavy atom. The van der Waals surface area contributed by atoms with E-state index < -0.39 is 0 Å². The summed E-state index contributed by atoms with van der Waals surface area (Å²) in [4.78, 5) is 29.0. The van der Waals surface area contributed by atoms with Crippen LogP contribution < -0.4 is 0 Å². The van der Waals surface area contributed by atoms with Crippen molar-refractivity contribution in [3.05, 3.63) is 0 Å². The first-order chi connectivity index (χ1) is 16.3. The van der Waals surface area contributed by atoms with Crippen molar-refractivity contribution in [2.24, 2.45) is 0 Å². The van der Waals surface area contributed by atoms with Crippen LogP contribution in [0, 0.1) is 0 Å². The van der Waals surface area contributed by atoms with Gasteiger partial charge in [0.15, 0.2) is 0 Å². The molecule has 8 heteroatoms. The van der Waals surface area contributed by atoms with Crippen LogP contribution >= 0.6 is 0 Å². The predicted octanol–water partition coefficient (Wildman–Crippen LogP) is 5.07. The Labute approximate surface area is 219 Å². The van der Waals surface area contributed by atoms with Gasteiger partial charge >= 0.3 is 0 Å². The van der Waals surface area contributed by atoms with Gasteiger partial charge in [-0.25, -0.2) is 0 Å². The van der Waals surface area contributed by atoms with E-state index in [1.165, 1.54) is 10.1 Å². The summed E-state index contributed by atoms with van der Waals surface area (Å²) in [7, 11) is 0. The van der Waals surface area contributed by atoms with Gasteiger partial charge in [-0.3, -0.25) is 9.59 Å². The van der Waals surface area contributed by atoms with Crippen molar-refractivity contribution in [2.45, 2.75) is 155 Å². The van der Waals surface area contributed by atoms with Crippen LogP contribution in [0.4, 0.5) is 0 Å². The van der Waals surface area contributed by atoms with Crippen LogP contribution in [0.3, 0.4) is 0 Å². The molecule has 0 saturated carbocycles. The summed E-state index contributed by atoms with van der Waals surface area (Å²) in [5.74, 6) is 0.197. The second-order valence-electron chi connectivity index (χ2n) is 13.8. The molecule has 0 unspecified atom stereocenters. The smallest absolute Gasteiger partial charge is 0.219 e. The van der Waals surface area contributed by atoms with Crippen LogP contribution in [0.15, 0.2) is 0 Å². The van der Waals surface area contributed by atoms with E-state index in [1.807, 2.05) is 65.2 Å². The summed E-state index contributed by atoms with van der Waals surface area (Å²) in [6.45, 7) is 21.0. The van der Waals surface area contributed by atoms with Gasteiger partial charge in [0.05, 0.1) is 0 Å². The van der Waals surface area contributed by atoms with Crippen LogP contribution in [0.5, 0.6) is 0 Å². The molecule has 210 valence electrons. The second kappa shape index (κ2) is 11.3. The minimum Gasteiger partial charge on any atom is -0.340 e. The number of rotatable bonds is 9. The van der Waals surface area contributed by atoms with E-state index in [2.05, 4.69) is 0 Å². The molecule has 0 aromatic rings. The zero-order valence-electron chi connectivity index (χ0n) is 24.7. The van der Waals surface area contributed by atoms with Crippen molar-refractivity contribution in [3.8, 4) is 0 Å². The molecule has 0 spiro atoms. The maximum absolute atomic E-state index is 12.5. The molecule has 0 atom stereocenters. The van der Waals surface area contributed by atoms with Gasteiger partial charge < -0.3 is 20.2 Å². The number of hydroxylamine groups is 4. The molecule has 2 rings (SSSR count). The summed E-state index contributed by atoms with van der Waals surface area (Å²) in [6.07, 6.45) is 6.88. The maximum Gasteiger partial charge on any atom is 0.219 e.